The maximum Gasteiger partial charge on any atom is 0.318 e. The van der Waals surface area contributed by atoms with Crippen LogP contribution in [0.4, 0.5) is 4.79 Å². The zero-order valence-corrected chi connectivity index (χ0v) is 13.9. The lowest BCUT2D eigenvalue weighted by Gasteiger charge is -2.51. The molecular formula is C18H27N3O. The van der Waals surface area contributed by atoms with E-state index in [2.05, 4.69) is 60.6 Å². The molecule has 0 spiro atoms. The van der Waals surface area contributed by atoms with Crippen molar-refractivity contribution in [3.05, 3.63) is 35.9 Å². The average molecular weight is 301 g/mol. The topological polar surface area (TPSA) is 44.4 Å². The molecule has 1 aromatic rings. The highest BCUT2D eigenvalue weighted by Crippen LogP contribution is 2.48. The van der Waals surface area contributed by atoms with E-state index in [0.29, 0.717) is 12.6 Å². The molecule has 2 fully saturated rings. The SMILES string of the molecule is CC(C)(C)[C@@]1(c2ccccc2)CNC(=O)N1C1CCNCC1. The van der Waals surface area contributed by atoms with Gasteiger partial charge < -0.3 is 15.5 Å². The number of benzene rings is 1. The van der Waals surface area contributed by atoms with E-state index in [1.807, 2.05) is 6.07 Å². The Morgan fingerprint density at radius 3 is 2.36 bits per heavy atom. The van der Waals surface area contributed by atoms with Gasteiger partial charge in [0.1, 0.15) is 0 Å². The summed E-state index contributed by atoms with van der Waals surface area (Å²) in [6.45, 7) is 9.40. The minimum Gasteiger partial charge on any atom is -0.335 e. The van der Waals surface area contributed by atoms with Crippen LogP contribution in [0.5, 0.6) is 0 Å². The minimum absolute atomic E-state index is 0.0433. The molecule has 0 unspecified atom stereocenters. The van der Waals surface area contributed by atoms with Crippen LogP contribution in [0.2, 0.25) is 0 Å². The molecule has 0 bridgehead atoms. The molecule has 4 heteroatoms. The number of carbonyl (C=O) groups excluding carboxylic acids is 1. The van der Waals surface area contributed by atoms with Gasteiger partial charge >= 0.3 is 6.03 Å². The molecule has 0 aliphatic carbocycles. The summed E-state index contributed by atoms with van der Waals surface area (Å²) in [7, 11) is 0. The van der Waals surface area contributed by atoms with Crippen molar-refractivity contribution < 1.29 is 4.79 Å². The van der Waals surface area contributed by atoms with E-state index in [9.17, 15) is 4.79 Å². The third-order valence-electron chi connectivity index (χ3n) is 5.29. The maximum absolute atomic E-state index is 12.7. The van der Waals surface area contributed by atoms with Crippen LogP contribution in [0, 0.1) is 5.41 Å². The van der Waals surface area contributed by atoms with Gasteiger partial charge in [-0.2, -0.15) is 0 Å². The van der Waals surface area contributed by atoms with E-state index in [1.54, 1.807) is 0 Å². The Morgan fingerprint density at radius 1 is 1.14 bits per heavy atom. The van der Waals surface area contributed by atoms with Crippen molar-refractivity contribution in [1.29, 1.82) is 0 Å². The van der Waals surface area contributed by atoms with E-state index in [0.717, 1.165) is 25.9 Å². The fourth-order valence-corrected chi connectivity index (χ4v) is 4.10. The van der Waals surface area contributed by atoms with Crippen LogP contribution in [0.1, 0.15) is 39.2 Å². The monoisotopic (exact) mass is 301 g/mol. The summed E-state index contributed by atoms with van der Waals surface area (Å²) < 4.78 is 0. The van der Waals surface area contributed by atoms with Crippen LogP contribution in [-0.2, 0) is 5.54 Å². The lowest BCUT2D eigenvalue weighted by molar-refractivity contribution is 0.0151. The Bertz CT molecular complexity index is 531. The van der Waals surface area contributed by atoms with Gasteiger partial charge in [-0.3, -0.25) is 0 Å². The summed E-state index contributed by atoms with van der Waals surface area (Å²) in [5, 5.41) is 6.53. The highest BCUT2D eigenvalue weighted by Gasteiger charge is 2.56. The molecule has 2 amide bonds. The molecule has 0 saturated carbocycles. The number of hydrogen-bond acceptors (Lipinski definition) is 2. The molecule has 0 aromatic heterocycles. The number of hydrogen-bond donors (Lipinski definition) is 2. The number of amides is 2. The van der Waals surface area contributed by atoms with Crippen LogP contribution in [0.15, 0.2) is 30.3 Å². The summed E-state index contributed by atoms with van der Waals surface area (Å²) in [6, 6.07) is 10.9. The number of nitrogens with zero attached hydrogens (tertiary/aromatic N) is 1. The summed E-state index contributed by atoms with van der Waals surface area (Å²) >= 11 is 0. The summed E-state index contributed by atoms with van der Waals surface area (Å²) in [4.78, 5) is 14.9. The first-order valence-corrected chi connectivity index (χ1v) is 8.30. The van der Waals surface area contributed by atoms with Gasteiger partial charge in [-0.15, -0.1) is 0 Å². The van der Waals surface area contributed by atoms with Crippen molar-refractivity contribution in [3.8, 4) is 0 Å². The van der Waals surface area contributed by atoms with Gasteiger partial charge in [-0.25, -0.2) is 4.79 Å². The zero-order valence-electron chi connectivity index (χ0n) is 13.9. The third-order valence-corrected chi connectivity index (χ3v) is 5.29. The highest BCUT2D eigenvalue weighted by atomic mass is 16.2. The first kappa shape index (κ1) is 15.3. The van der Waals surface area contributed by atoms with Crippen LogP contribution >= 0.6 is 0 Å². The molecule has 22 heavy (non-hydrogen) atoms. The zero-order chi connectivity index (χ0) is 15.8. The molecule has 3 rings (SSSR count). The number of rotatable bonds is 2. The van der Waals surface area contributed by atoms with Gasteiger partial charge in [-0.05, 0) is 36.9 Å². The Balaban J connectivity index is 2.09. The molecule has 120 valence electrons. The molecule has 1 aromatic carbocycles. The second kappa shape index (κ2) is 5.58. The number of carbonyl (C=O) groups is 1. The van der Waals surface area contributed by atoms with Crippen molar-refractivity contribution in [2.45, 2.75) is 45.2 Å². The summed E-state index contributed by atoms with van der Waals surface area (Å²) in [5.74, 6) is 0. The van der Waals surface area contributed by atoms with Gasteiger partial charge in [0.2, 0.25) is 0 Å². The molecule has 1 atom stereocenters. The van der Waals surface area contributed by atoms with Crippen molar-refractivity contribution in [3.63, 3.8) is 0 Å². The van der Waals surface area contributed by atoms with Crippen LogP contribution in [0.25, 0.3) is 0 Å². The number of urea groups is 1. The normalized spacial score (nSPS) is 27.0. The molecule has 4 nitrogen and oxygen atoms in total. The molecule has 2 heterocycles. The summed E-state index contributed by atoms with van der Waals surface area (Å²) in [5.41, 5.74) is 0.908. The van der Waals surface area contributed by atoms with E-state index in [4.69, 9.17) is 0 Å². The van der Waals surface area contributed by atoms with Crippen molar-refractivity contribution in [1.82, 2.24) is 15.5 Å². The Labute approximate surface area is 133 Å². The Kier molecular flexibility index (Phi) is 3.89. The van der Waals surface area contributed by atoms with Gasteiger partial charge in [0, 0.05) is 12.6 Å². The lowest BCUT2D eigenvalue weighted by Crippen LogP contribution is -2.58. The van der Waals surface area contributed by atoms with E-state index in [1.165, 1.54) is 5.56 Å². The molecule has 2 N–H and O–H groups in total. The smallest absolute Gasteiger partial charge is 0.318 e. The molecular weight excluding hydrogens is 274 g/mol. The van der Waals surface area contributed by atoms with E-state index < -0.39 is 0 Å². The maximum atomic E-state index is 12.7. The molecule has 2 aliphatic heterocycles. The highest BCUT2D eigenvalue weighted by molar-refractivity contribution is 5.79. The van der Waals surface area contributed by atoms with Crippen molar-refractivity contribution in [2.75, 3.05) is 19.6 Å². The first-order valence-electron chi connectivity index (χ1n) is 8.30. The standard InChI is InChI=1S/C18H27N3O/c1-17(2,3)18(14-7-5-4-6-8-14)13-20-16(22)21(18)15-9-11-19-12-10-15/h4-8,15,19H,9-13H2,1-3H3,(H,20,22)/t18-/m0/s1. The van der Waals surface area contributed by atoms with Crippen molar-refractivity contribution in [2.24, 2.45) is 5.41 Å². The number of piperidine rings is 1. The van der Waals surface area contributed by atoms with Gasteiger partial charge in [0.15, 0.2) is 0 Å². The molecule has 0 radical (unpaired) electrons. The van der Waals surface area contributed by atoms with Crippen molar-refractivity contribution >= 4 is 6.03 Å². The minimum atomic E-state index is -0.284. The second-order valence-electron chi connectivity index (χ2n) is 7.49. The predicted molar refractivity (Wildman–Crippen MR) is 88.7 cm³/mol. The summed E-state index contributed by atoms with van der Waals surface area (Å²) in [6.07, 6.45) is 2.05. The Morgan fingerprint density at radius 2 is 1.77 bits per heavy atom. The predicted octanol–water partition coefficient (Wildman–Crippen LogP) is 2.71. The number of nitrogens with one attached hydrogen (secondary N) is 2. The quantitative estimate of drug-likeness (QED) is 0.882. The fourth-order valence-electron chi connectivity index (χ4n) is 4.10. The van der Waals surface area contributed by atoms with E-state index >= 15 is 0 Å². The molecule has 2 aliphatic rings. The average Bonchev–Trinajstić information content (AvgIpc) is 2.87. The van der Waals surface area contributed by atoms with Gasteiger partial charge in [0.05, 0.1) is 5.54 Å². The fraction of sp³-hybridized carbons (Fsp3) is 0.611. The largest absolute Gasteiger partial charge is 0.335 e. The van der Waals surface area contributed by atoms with Gasteiger partial charge in [0.25, 0.3) is 0 Å². The second-order valence-corrected chi connectivity index (χ2v) is 7.49. The van der Waals surface area contributed by atoms with Gasteiger partial charge in [-0.1, -0.05) is 51.1 Å². The molecule has 2 saturated heterocycles. The van der Waals surface area contributed by atoms with Crippen LogP contribution in [-0.4, -0.2) is 36.6 Å². The van der Waals surface area contributed by atoms with Crippen LogP contribution in [0.3, 0.4) is 0 Å². The van der Waals surface area contributed by atoms with Crippen LogP contribution < -0.4 is 10.6 Å². The Hall–Kier alpha value is -1.55. The lowest BCUT2D eigenvalue weighted by atomic mass is 9.68. The first-order chi connectivity index (χ1) is 10.5. The third kappa shape index (κ3) is 2.30. The van der Waals surface area contributed by atoms with E-state index in [-0.39, 0.29) is 17.0 Å².